The van der Waals surface area contributed by atoms with E-state index in [9.17, 15) is 17.9 Å². The minimum Gasteiger partial charge on any atom is -0.323 e. The van der Waals surface area contributed by atoms with Gasteiger partial charge in [-0.1, -0.05) is 30.7 Å². The van der Waals surface area contributed by atoms with Crippen molar-refractivity contribution >= 4 is 29.3 Å². The van der Waals surface area contributed by atoms with Crippen LogP contribution >= 0.6 is 19.2 Å². The molecule has 1 N–H and O–H groups in total. The molecule has 20 heavy (non-hydrogen) atoms. The lowest BCUT2D eigenvalue weighted by atomic mass is 10.2. The molecule has 0 saturated heterocycles. The van der Waals surface area contributed by atoms with Crippen LogP contribution in [0.5, 0.6) is 0 Å². The molecule has 0 spiro atoms. The van der Waals surface area contributed by atoms with Crippen molar-refractivity contribution in [3.05, 3.63) is 28.8 Å². The smallest absolute Gasteiger partial charge is 0.323 e. The summed E-state index contributed by atoms with van der Waals surface area (Å²) in [5, 5.41) is -0.00718. The average molecular weight is 343 g/mol. The highest BCUT2D eigenvalue weighted by Gasteiger charge is 2.27. The monoisotopic (exact) mass is 342 g/mol. The molecule has 0 saturated carbocycles. The Balaban J connectivity index is 2.89. The zero-order chi connectivity index (χ0) is 15.4. The van der Waals surface area contributed by atoms with E-state index in [1.807, 2.05) is 0 Å². The molecular formula is C11H16ClO6PS. The van der Waals surface area contributed by atoms with Crippen molar-refractivity contribution in [1.82, 2.24) is 0 Å². The number of rotatable bonds is 7. The largest absolute Gasteiger partial charge is 0.355 e. The summed E-state index contributed by atoms with van der Waals surface area (Å²) in [6.45, 7) is 3.35. The van der Waals surface area contributed by atoms with Gasteiger partial charge in [-0.3, -0.25) is 8.75 Å². The second kappa shape index (κ2) is 7.02. The van der Waals surface area contributed by atoms with Gasteiger partial charge in [-0.25, -0.2) is 0 Å². The number of aryl methyl sites for hydroxylation is 1. The minimum atomic E-state index is -4.22. The highest BCUT2D eigenvalue weighted by atomic mass is 35.5. The van der Waals surface area contributed by atoms with Crippen molar-refractivity contribution in [2.45, 2.75) is 25.2 Å². The first-order chi connectivity index (χ1) is 9.19. The van der Waals surface area contributed by atoms with Crippen molar-refractivity contribution in [2.24, 2.45) is 0 Å². The molecule has 0 aromatic heterocycles. The summed E-state index contributed by atoms with van der Waals surface area (Å²) in [5.74, 6) is 0. The fraction of sp³-hybridized carbons (Fsp3) is 0.455. The first-order valence-electron chi connectivity index (χ1n) is 5.80. The Hall–Kier alpha value is -0.430. The summed E-state index contributed by atoms with van der Waals surface area (Å²) in [5.41, 5.74) is 0.389. The van der Waals surface area contributed by atoms with Crippen LogP contribution in [0.1, 0.15) is 18.9 Å². The van der Waals surface area contributed by atoms with Gasteiger partial charge in [-0.2, -0.15) is 8.42 Å². The standard InChI is InChI=1S/C11H16ClO6PS/c1-3-7-17-19(13,14)8-18-20(15,16)11-9(2)5-4-6-10(11)12/h4-6H,3,7-8H2,1-2H3,(H,13,14). The second-order valence-corrected chi connectivity index (χ2v) is 7.81. The van der Waals surface area contributed by atoms with Gasteiger partial charge in [0, 0.05) is 0 Å². The van der Waals surface area contributed by atoms with Gasteiger partial charge in [0.05, 0.1) is 11.6 Å². The fourth-order valence-corrected chi connectivity index (χ4v) is 4.42. The summed E-state index contributed by atoms with van der Waals surface area (Å²) >= 11 is 5.83. The maximum Gasteiger partial charge on any atom is 0.355 e. The molecule has 0 amide bonds. The van der Waals surface area contributed by atoms with Crippen molar-refractivity contribution in [1.29, 1.82) is 0 Å². The van der Waals surface area contributed by atoms with E-state index >= 15 is 0 Å². The van der Waals surface area contributed by atoms with Crippen molar-refractivity contribution in [2.75, 3.05) is 13.0 Å². The Bertz CT molecular complexity index is 595. The van der Waals surface area contributed by atoms with E-state index in [1.54, 1.807) is 26.0 Å². The van der Waals surface area contributed by atoms with Crippen LogP contribution in [0.25, 0.3) is 0 Å². The van der Waals surface area contributed by atoms with Gasteiger partial charge in [0.25, 0.3) is 10.1 Å². The SMILES string of the molecule is CCCOP(=O)(O)COS(=O)(=O)c1c(C)cccc1Cl. The first kappa shape index (κ1) is 17.6. The highest BCUT2D eigenvalue weighted by Crippen LogP contribution is 2.43. The average Bonchev–Trinajstić information content (AvgIpc) is 2.34. The van der Waals surface area contributed by atoms with Gasteiger partial charge in [0.2, 0.25) is 0 Å². The predicted molar refractivity (Wildman–Crippen MR) is 75.4 cm³/mol. The molecular weight excluding hydrogens is 327 g/mol. The van der Waals surface area contributed by atoms with Gasteiger partial charge < -0.3 is 9.42 Å². The molecule has 0 aliphatic heterocycles. The molecule has 0 heterocycles. The summed E-state index contributed by atoms with van der Waals surface area (Å²) in [6, 6.07) is 4.54. The van der Waals surface area contributed by atoms with Crippen LogP contribution in [0.15, 0.2) is 23.1 Å². The Morgan fingerprint density at radius 1 is 1.40 bits per heavy atom. The third-order valence-electron chi connectivity index (χ3n) is 2.28. The predicted octanol–water partition coefficient (Wildman–Crippen LogP) is 2.92. The molecule has 1 unspecified atom stereocenters. The number of hydrogen-bond donors (Lipinski definition) is 1. The van der Waals surface area contributed by atoms with Crippen LogP contribution in [0.2, 0.25) is 5.02 Å². The lowest BCUT2D eigenvalue weighted by molar-refractivity contribution is 0.232. The molecule has 0 aliphatic carbocycles. The molecule has 1 atom stereocenters. The maximum atomic E-state index is 12.0. The zero-order valence-electron chi connectivity index (χ0n) is 11.1. The van der Waals surface area contributed by atoms with E-state index in [0.717, 1.165) is 0 Å². The van der Waals surface area contributed by atoms with Gasteiger partial charge in [-0.05, 0) is 25.0 Å². The van der Waals surface area contributed by atoms with Crippen LogP contribution in [0.4, 0.5) is 0 Å². The molecule has 0 aliphatic rings. The van der Waals surface area contributed by atoms with Crippen molar-refractivity contribution < 1.29 is 26.6 Å². The molecule has 114 valence electrons. The molecule has 0 fully saturated rings. The summed E-state index contributed by atoms with van der Waals surface area (Å²) in [4.78, 5) is 9.19. The van der Waals surface area contributed by atoms with Crippen LogP contribution in [0.3, 0.4) is 0 Å². The molecule has 1 aromatic carbocycles. The van der Waals surface area contributed by atoms with E-state index in [0.29, 0.717) is 12.0 Å². The van der Waals surface area contributed by atoms with Gasteiger partial charge in [0.15, 0.2) is 6.35 Å². The van der Waals surface area contributed by atoms with Gasteiger partial charge >= 0.3 is 7.60 Å². The van der Waals surface area contributed by atoms with E-state index < -0.39 is 24.1 Å². The lowest BCUT2D eigenvalue weighted by Gasteiger charge is -2.13. The van der Waals surface area contributed by atoms with E-state index in [4.69, 9.17) is 11.6 Å². The lowest BCUT2D eigenvalue weighted by Crippen LogP contribution is -2.11. The highest BCUT2D eigenvalue weighted by molar-refractivity contribution is 7.87. The van der Waals surface area contributed by atoms with Crippen LogP contribution in [-0.2, 0) is 23.4 Å². The topological polar surface area (TPSA) is 89.9 Å². The van der Waals surface area contributed by atoms with Crippen molar-refractivity contribution in [3.63, 3.8) is 0 Å². The number of benzene rings is 1. The third kappa shape index (κ3) is 4.84. The summed E-state index contributed by atoms with van der Waals surface area (Å²) in [6.07, 6.45) is -0.416. The van der Waals surface area contributed by atoms with Crippen LogP contribution in [0, 0.1) is 6.92 Å². The summed E-state index contributed by atoms with van der Waals surface area (Å²) in [7, 11) is -8.32. The van der Waals surface area contributed by atoms with Gasteiger partial charge in [0.1, 0.15) is 4.90 Å². The maximum absolute atomic E-state index is 12.0. The minimum absolute atomic E-state index is 0.00718. The molecule has 0 bridgehead atoms. The Morgan fingerprint density at radius 2 is 2.05 bits per heavy atom. The Labute approximate surface area is 123 Å². The second-order valence-electron chi connectivity index (χ2n) is 4.06. The van der Waals surface area contributed by atoms with Crippen LogP contribution < -0.4 is 0 Å². The van der Waals surface area contributed by atoms with E-state index in [-0.39, 0.29) is 16.5 Å². The fourth-order valence-electron chi connectivity index (χ4n) is 1.40. The van der Waals surface area contributed by atoms with Crippen LogP contribution in [-0.4, -0.2) is 26.3 Å². The molecule has 1 aromatic rings. The third-order valence-corrected chi connectivity index (χ3v) is 5.40. The summed E-state index contributed by atoms with van der Waals surface area (Å²) < 4.78 is 44.8. The van der Waals surface area contributed by atoms with Crippen molar-refractivity contribution in [3.8, 4) is 0 Å². The first-order valence-corrected chi connectivity index (χ1v) is 9.35. The zero-order valence-corrected chi connectivity index (χ0v) is 13.5. The Morgan fingerprint density at radius 3 is 2.60 bits per heavy atom. The molecule has 9 heteroatoms. The molecule has 0 radical (unpaired) electrons. The molecule has 6 nitrogen and oxygen atoms in total. The number of hydrogen-bond acceptors (Lipinski definition) is 5. The molecule has 1 rings (SSSR count). The van der Waals surface area contributed by atoms with E-state index in [1.165, 1.54) is 6.07 Å². The quantitative estimate of drug-likeness (QED) is 0.605. The number of halogens is 1. The normalized spacial score (nSPS) is 15.0. The Kier molecular flexibility index (Phi) is 6.19. The van der Waals surface area contributed by atoms with Gasteiger partial charge in [-0.15, -0.1) is 0 Å². The van der Waals surface area contributed by atoms with E-state index in [2.05, 4.69) is 8.71 Å².